The molecule has 0 radical (unpaired) electrons. The van der Waals surface area contributed by atoms with Gasteiger partial charge in [0.25, 0.3) is 0 Å². The first-order valence-electron chi connectivity index (χ1n) is 6.34. The number of methoxy groups -OCH3 is 1. The second-order valence-corrected chi connectivity index (χ2v) is 4.49. The fraction of sp³-hybridized carbons (Fsp3) is 0.500. The lowest BCUT2D eigenvalue weighted by molar-refractivity contribution is 0.397. The van der Waals surface area contributed by atoms with Gasteiger partial charge in [0.1, 0.15) is 18.6 Å². The van der Waals surface area contributed by atoms with Crippen molar-refractivity contribution in [2.45, 2.75) is 25.9 Å². The third-order valence-electron chi connectivity index (χ3n) is 2.80. The number of alkyl halides is 1. The predicted molar refractivity (Wildman–Crippen MR) is 76.5 cm³/mol. The zero-order valence-electron chi connectivity index (χ0n) is 11.7. The molecule has 0 amide bonds. The Labute approximate surface area is 113 Å². The molecule has 1 aromatic carbocycles. The summed E-state index contributed by atoms with van der Waals surface area (Å²) in [5.74, 6) is 1.14. The van der Waals surface area contributed by atoms with Crippen LogP contribution >= 0.6 is 0 Å². The highest BCUT2D eigenvalue weighted by Gasteiger charge is 2.15. The van der Waals surface area contributed by atoms with E-state index in [1.54, 1.807) is 7.11 Å². The number of hydrogen-bond acceptors (Lipinski definition) is 3. The van der Waals surface area contributed by atoms with Crippen molar-refractivity contribution in [2.75, 3.05) is 20.3 Å². The standard InChI is InChI=1S/C14H22FN3O/c1-10(2)11-5-4-6-12(13(11)19-3)14(16)18-9-17-8-7-15/h4-6,9-10,14H,7-8,16H2,1-3H3,(H,17,18). The third-order valence-corrected chi connectivity index (χ3v) is 2.80. The number of aliphatic imine (C=N–C) groups is 1. The molecule has 0 bridgehead atoms. The molecule has 0 aromatic heterocycles. The molecule has 0 heterocycles. The number of nitrogens with two attached hydrogens (primary N) is 1. The molecule has 1 aromatic rings. The number of hydrogen-bond donors (Lipinski definition) is 2. The van der Waals surface area contributed by atoms with Crippen LogP contribution in [-0.4, -0.2) is 26.7 Å². The predicted octanol–water partition coefficient (Wildman–Crippen LogP) is 2.36. The Morgan fingerprint density at radius 2 is 2.11 bits per heavy atom. The summed E-state index contributed by atoms with van der Waals surface area (Å²) in [6.45, 7) is 3.87. The summed E-state index contributed by atoms with van der Waals surface area (Å²) < 4.78 is 17.4. The van der Waals surface area contributed by atoms with Crippen molar-refractivity contribution >= 4 is 6.34 Å². The third kappa shape index (κ3) is 4.21. The van der Waals surface area contributed by atoms with E-state index in [4.69, 9.17) is 10.5 Å². The van der Waals surface area contributed by atoms with Crippen molar-refractivity contribution in [3.63, 3.8) is 0 Å². The number of rotatable bonds is 7. The molecule has 0 aliphatic heterocycles. The van der Waals surface area contributed by atoms with Crippen LogP contribution in [-0.2, 0) is 0 Å². The van der Waals surface area contributed by atoms with Crippen molar-refractivity contribution in [3.8, 4) is 5.75 Å². The zero-order chi connectivity index (χ0) is 14.3. The van der Waals surface area contributed by atoms with Crippen LogP contribution in [0.2, 0.25) is 0 Å². The van der Waals surface area contributed by atoms with Crippen molar-refractivity contribution < 1.29 is 9.13 Å². The minimum Gasteiger partial charge on any atom is -0.496 e. The molecule has 0 saturated heterocycles. The van der Waals surface area contributed by atoms with Gasteiger partial charge in [0.15, 0.2) is 0 Å². The van der Waals surface area contributed by atoms with Crippen LogP contribution in [0, 0.1) is 0 Å². The number of halogens is 1. The normalized spacial score (nSPS) is 12.9. The summed E-state index contributed by atoms with van der Waals surface area (Å²) >= 11 is 0. The number of benzene rings is 1. The van der Waals surface area contributed by atoms with E-state index in [0.717, 1.165) is 16.9 Å². The topological polar surface area (TPSA) is 59.6 Å². The zero-order valence-corrected chi connectivity index (χ0v) is 11.7. The lowest BCUT2D eigenvalue weighted by Crippen LogP contribution is -2.28. The second-order valence-electron chi connectivity index (χ2n) is 4.49. The first-order chi connectivity index (χ1) is 9.11. The van der Waals surface area contributed by atoms with Crippen LogP contribution in [0.1, 0.15) is 37.1 Å². The summed E-state index contributed by atoms with van der Waals surface area (Å²) in [7, 11) is 1.63. The Morgan fingerprint density at radius 1 is 1.42 bits per heavy atom. The van der Waals surface area contributed by atoms with E-state index in [9.17, 15) is 4.39 Å². The Hall–Kier alpha value is -1.62. The molecular weight excluding hydrogens is 245 g/mol. The fourth-order valence-corrected chi connectivity index (χ4v) is 1.84. The summed E-state index contributed by atoms with van der Waals surface area (Å²) in [4.78, 5) is 3.84. The summed E-state index contributed by atoms with van der Waals surface area (Å²) in [6.07, 6.45) is 1.00. The maximum atomic E-state index is 11.9. The molecule has 0 spiro atoms. The molecule has 0 saturated carbocycles. The van der Waals surface area contributed by atoms with Crippen LogP contribution in [0.3, 0.4) is 0 Å². The van der Waals surface area contributed by atoms with Crippen molar-refractivity contribution in [3.05, 3.63) is 29.3 Å². The van der Waals surface area contributed by atoms with Gasteiger partial charge < -0.3 is 15.8 Å². The van der Waals surface area contributed by atoms with E-state index in [2.05, 4.69) is 24.2 Å². The highest BCUT2D eigenvalue weighted by atomic mass is 19.1. The van der Waals surface area contributed by atoms with Crippen LogP contribution < -0.4 is 15.8 Å². The first kappa shape index (κ1) is 15.4. The smallest absolute Gasteiger partial charge is 0.128 e. The van der Waals surface area contributed by atoms with E-state index in [1.165, 1.54) is 6.34 Å². The Bertz CT molecular complexity index is 421. The minimum absolute atomic E-state index is 0.142. The van der Waals surface area contributed by atoms with Crippen LogP contribution in [0.15, 0.2) is 23.2 Å². The second kappa shape index (κ2) is 7.74. The van der Waals surface area contributed by atoms with Gasteiger partial charge in [0.2, 0.25) is 0 Å². The molecular formula is C14H22FN3O. The molecule has 0 aliphatic carbocycles. The molecule has 0 fully saturated rings. The maximum Gasteiger partial charge on any atom is 0.128 e. The molecule has 3 N–H and O–H groups in total. The summed E-state index contributed by atoms with van der Waals surface area (Å²) in [5, 5.41) is 2.91. The van der Waals surface area contributed by atoms with E-state index in [1.807, 2.05) is 18.2 Å². The van der Waals surface area contributed by atoms with Gasteiger partial charge in [-0.15, -0.1) is 0 Å². The van der Waals surface area contributed by atoms with Gasteiger partial charge in [-0.2, -0.15) is 0 Å². The lowest BCUT2D eigenvalue weighted by atomic mass is 9.98. The van der Waals surface area contributed by atoms with Crippen molar-refractivity contribution in [2.24, 2.45) is 10.7 Å². The van der Waals surface area contributed by atoms with E-state index in [-0.39, 0.29) is 6.54 Å². The molecule has 4 nitrogen and oxygen atoms in total. The van der Waals surface area contributed by atoms with Crippen molar-refractivity contribution in [1.82, 2.24) is 5.32 Å². The number of para-hydroxylation sites is 1. The quantitative estimate of drug-likeness (QED) is 0.453. The van der Waals surface area contributed by atoms with E-state index >= 15 is 0 Å². The fourth-order valence-electron chi connectivity index (χ4n) is 1.84. The van der Waals surface area contributed by atoms with Crippen LogP contribution in [0.25, 0.3) is 0 Å². The van der Waals surface area contributed by atoms with Crippen LogP contribution in [0.4, 0.5) is 4.39 Å². The largest absolute Gasteiger partial charge is 0.496 e. The highest BCUT2D eigenvalue weighted by molar-refractivity contribution is 5.56. The molecule has 19 heavy (non-hydrogen) atoms. The Balaban J connectivity index is 2.90. The monoisotopic (exact) mass is 267 g/mol. The molecule has 1 atom stereocenters. The molecule has 1 rings (SSSR count). The maximum absolute atomic E-state index is 11.9. The number of nitrogens with one attached hydrogen (secondary N) is 1. The van der Waals surface area contributed by atoms with Gasteiger partial charge in [-0.1, -0.05) is 32.0 Å². The Kier molecular flexibility index (Phi) is 6.29. The van der Waals surface area contributed by atoms with Gasteiger partial charge in [0.05, 0.1) is 20.0 Å². The summed E-state index contributed by atoms with van der Waals surface area (Å²) in [6, 6.07) is 5.88. The average molecular weight is 267 g/mol. The average Bonchev–Trinajstić information content (AvgIpc) is 2.42. The molecule has 5 heteroatoms. The number of nitrogens with zero attached hydrogens (tertiary/aromatic N) is 1. The van der Waals surface area contributed by atoms with Gasteiger partial charge in [-0.25, -0.2) is 4.39 Å². The molecule has 0 aliphatic rings. The number of ether oxygens (including phenoxy) is 1. The van der Waals surface area contributed by atoms with Gasteiger partial charge in [-0.3, -0.25) is 4.99 Å². The van der Waals surface area contributed by atoms with Gasteiger partial charge in [0, 0.05) is 5.56 Å². The first-order valence-corrected chi connectivity index (χ1v) is 6.34. The SMILES string of the molecule is COc1c(C(C)C)cccc1C(N)NC=NCCF. The Morgan fingerprint density at radius 3 is 2.68 bits per heavy atom. The molecule has 106 valence electrons. The van der Waals surface area contributed by atoms with Gasteiger partial charge >= 0.3 is 0 Å². The lowest BCUT2D eigenvalue weighted by Gasteiger charge is -2.20. The van der Waals surface area contributed by atoms with Crippen molar-refractivity contribution in [1.29, 1.82) is 0 Å². The highest BCUT2D eigenvalue weighted by Crippen LogP contribution is 2.31. The minimum atomic E-state index is -0.473. The molecule has 1 unspecified atom stereocenters. The van der Waals surface area contributed by atoms with Gasteiger partial charge in [-0.05, 0) is 11.5 Å². The van der Waals surface area contributed by atoms with Crippen LogP contribution in [0.5, 0.6) is 5.75 Å². The van der Waals surface area contributed by atoms with E-state index < -0.39 is 12.8 Å². The summed E-state index contributed by atoms with van der Waals surface area (Å²) in [5.41, 5.74) is 8.02. The van der Waals surface area contributed by atoms with E-state index in [0.29, 0.717) is 5.92 Å².